The Morgan fingerprint density at radius 2 is 2.25 bits per heavy atom. The van der Waals surface area contributed by atoms with E-state index in [4.69, 9.17) is 9.47 Å². The molecule has 0 radical (unpaired) electrons. The molecule has 0 saturated heterocycles. The van der Waals surface area contributed by atoms with Gasteiger partial charge in [0.05, 0.1) is 12.7 Å². The van der Waals surface area contributed by atoms with Crippen LogP contribution in [-0.2, 0) is 14.3 Å². The predicted molar refractivity (Wildman–Crippen MR) is 46.9 cm³/mol. The highest BCUT2D eigenvalue weighted by Gasteiger charge is 1.98. The molecule has 0 spiro atoms. The smallest absolute Gasteiger partial charge is 0.330 e. The maximum absolute atomic E-state index is 10.5. The molecule has 12 heavy (non-hydrogen) atoms. The normalized spacial score (nSPS) is 12.2. The van der Waals surface area contributed by atoms with Crippen LogP contribution in [0.3, 0.4) is 0 Å². The Balaban J connectivity index is 3.21. The third kappa shape index (κ3) is 5.92. The van der Waals surface area contributed by atoms with Crippen LogP contribution in [0.15, 0.2) is 12.7 Å². The van der Waals surface area contributed by atoms with E-state index in [0.717, 1.165) is 12.5 Å². The summed E-state index contributed by atoms with van der Waals surface area (Å²) in [5, 5.41) is 0. The third-order valence-corrected chi connectivity index (χ3v) is 1.47. The van der Waals surface area contributed by atoms with Gasteiger partial charge in [-0.15, -0.1) is 0 Å². The zero-order valence-electron chi connectivity index (χ0n) is 7.71. The Labute approximate surface area is 73.4 Å². The van der Waals surface area contributed by atoms with E-state index in [1.807, 2.05) is 13.8 Å². The summed E-state index contributed by atoms with van der Waals surface area (Å²) in [5.74, 6) is -0.400. The number of rotatable bonds is 6. The maximum atomic E-state index is 10.5. The summed E-state index contributed by atoms with van der Waals surface area (Å²) in [6.45, 7) is 8.05. The fourth-order valence-electron chi connectivity index (χ4n) is 0.568. The fourth-order valence-corrected chi connectivity index (χ4v) is 0.568. The highest BCUT2D eigenvalue weighted by atomic mass is 16.6. The molecule has 0 N–H and O–H groups in total. The lowest BCUT2D eigenvalue weighted by Gasteiger charge is -2.09. The zero-order chi connectivity index (χ0) is 9.40. The molecule has 0 aromatic carbocycles. The van der Waals surface area contributed by atoms with Gasteiger partial charge in [-0.05, 0) is 13.3 Å². The van der Waals surface area contributed by atoms with Gasteiger partial charge in [-0.25, -0.2) is 4.79 Å². The van der Waals surface area contributed by atoms with Crippen molar-refractivity contribution in [3.8, 4) is 0 Å². The molecule has 1 unspecified atom stereocenters. The van der Waals surface area contributed by atoms with Crippen molar-refractivity contribution >= 4 is 5.97 Å². The number of ether oxygens (including phenoxy) is 2. The fraction of sp³-hybridized carbons (Fsp3) is 0.667. The van der Waals surface area contributed by atoms with Crippen molar-refractivity contribution in [1.29, 1.82) is 0 Å². The molecule has 70 valence electrons. The van der Waals surface area contributed by atoms with Gasteiger partial charge in [0, 0.05) is 6.08 Å². The lowest BCUT2D eigenvalue weighted by Crippen LogP contribution is -2.13. The first-order valence-electron chi connectivity index (χ1n) is 4.11. The molecule has 0 aromatic heterocycles. The van der Waals surface area contributed by atoms with Crippen molar-refractivity contribution in [2.75, 3.05) is 13.2 Å². The molecule has 0 rings (SSSR count). The molecule has 0 aliphatic heterocycles. The summed E-state index contributed by atoms with van der Waals surface area (Å²) in [6, 6.07) is 0. The van der Waals surface area contributed by atoms with Crippen LogP contribution in [0.2, 0.25) is 0 Å². The van der Waals surface area contributed by atoms with Gasteiger partial charge >= 0.3 is 5.97 Å². The Morgan fingerprint density at radius 3 is 2.75 bits per heavy atom. The van der Waals surface area contributed by atoms with E-state index in [-0.39, 0.29) is 6.10 Å². The van der Waals surface area contributed by atoms with Gasteiger partial charge in [0.15, 0.2) is 0 Å². The highest BCUT2D eigenvalue weighted by molar-refractivity contribution is 5.81. The number of hydrogen-bond acceptors (Lipinski definition) is 3. The number of carbonyl (C=O) groups excluding carboxylic acids is 1. The topological polar surface area (TPSA) is 35.5 Å². The van der Waals surface area contributed by atoms with Gasteiger partial charge in [0.2, 0.25) is 0 Å². The molecule has 0 aromatic rings. The summed E-state index contributed by atoms with van der Waals surface area (Å²) in [7, 11) is 0. The molecule has 0 heterocycles. The van der Waals surface area contributed by atoms with E-state index in [2.05, 4.69) is 6.58 Å². The summed E-state index contributed by atoms with van der Waals surface area (Å²) in [5.41, 5.74) is 0. The first-order valence-corrected chi connectivity index (χ1v) is 4.11. The second-order valence-corrected chi connectivity index (χ2v) is 2.46. The zero-order valence-corrected chi connectivity index (χ0v) is 7.71. The van der Waals surface area contributed by atoms with Crippen LogP contribution in [0.25, 0.3) is 0 Å². The molecule has 0 fully saturated rings. The predicted octanol–water partition coefficient (Wildman–Crippen LogP) is 1.53. The molecular weight excluding hydrogens is 156 g/mol. The van der Waals surface area contributed by atoms with Crippen LogP contribution < -0.4 is 0 Å². The quantitative estimate of drug-likeness (QED) is 0.346. The minimum atomic E-state index is -0.400. The number of carbonyl (C=O) groups is 1. The average molecular weight is 172 g/mol. The molecule has 1 atom stereocenters. The van der Waals surface area contributed by atoms with Crippen molar-refractivity contribution < 1.29 is 14.3 Å². The van der Waals surface area contributed by atoms with E-state index in [9.17, 15) is 4.79 Å². The Bertz CT molecular complexity index is 143. The summed E-state index contributed by atoms with van der Waals surface area (Å²) >= 11 is 0. The molecule has 0 aliphatic carbocycles. The summed E-state index contributed by atoms with van der Waals surface area (Å²) < 4.78 is 9.98. The maximum Gasteiger partial charge on any atom is 0.330 e. The van der Waals surface area contributed by atoms with Crippen LogP contribution in [0.1, 0.15) is 20.3 Å². The average Bonchev–Trinajstić information content (AvgIpc) is 2.11. The Morgan fingerprint density at radius 1 is 1.58 bits per heavy atom. The van der Waals surface area contributed by atoms with Crippen LogP contribution in [0.5, 0.6) is 0 Å². The van der Waals surface area contributed by atoms with E-state index in [1.165, 1.54) is 0 Å². The van der Waals surface area contributed by atoms with Crippen LogP contribution in [-0.4, -0.2) is 25.3 Å². The van der Waals surface area contributed by atoms with Crippen molar-refractivity contribution in [1.82, 2.24) is 0 Å². The van der Waals surface area contributed by atoms with Crippen molar-refractivity contribution in [3.05, 3.63) is 12.7 Å². The lowest BCUT2D eigenvalue weighted by molar-refractivity contribution is -0.139. The van der Waals surface area contributed by atoms with Gasteiger partial charge in [0.25, 0.3) is 0 Å². The van der Waals surface area contributed by atoms with E-state index in [1.54, 1.807) is 0 Å². The van der Waals surface area contributed by atoms with Crippen LogP contribution in [0.4, 0.5) is 0 Å². The number of esters is 1. The van der Waals surface area contributed by atoms with Gasteiger partial charge in [0.1, 0.15) is 6.61 Å². The minimum absolute atomic E-state index is 0.229. The minimum Gasteiger partial charge on any atom is -0.460 e. The lowest BCUT2D eigenvalue weighted by atomic mass is 10.3. The first kappa shape index (κ1) is 11.2. The summed E-state index contributed by atoms with van der Waals surface area (Å²) in [6.07, 6.45) is 2.34. The van der Waals surface area contributed by atoms with Gasteiger partial charge in [-0.1, -0.05) is 13.5 Å². The standard InChI is InChI=1S/C9H16O3/c1-4-8(3)11-6-7-12-9(10)5-2/h5,8H,2,4,6-7H2,1,3H3. The second kappa shape index (κ2) is 6.85. The molecule has 0 aliphatic rings. The van der Waals surface area contributed by atoms with Gasteiger partial charge in [-0.2, -0.15) is 0 Å². The second-order valence-electron chi connectivity index (χ2n) is 2.46. The van der Waals surface area contributed by atoms with Crippen molar-refractivity contribution in [2.45, 2.75) is 26.4 Å². The summed E-state index contributed by atoms with van der Waals surface area (Å²) in [4.78, 5) is 10.5. The molecule has 0 saturated carbocycles. The van der Waals surface area contributed by atoms with Crippen molar-refractivity contribution in [2.24, 2.45) is 0 Å². The third-order valence-electron chi connectivity index (χ3n) is 1.47. The van der Waals surface area contributed by atoms with Crippen LogP contribution in [0, 0.1) is 0 Å². The monoisotopic (exact) mass is 172 g/mol. The molecular formula is C9H16O3. The van der Waals surface area contributed by atoms with Crippen LogP contribution >= 0.6 is 0 Å². The molecule has 3 heteroatoms. The van der Waals surface area contributed by atoms with Crippen molar-refractivity contribution in [3.63, 3.8) is 0 Å². The van der Waals surface area contributed by atoms with Gasteiger partial charge < -0.3 is 9.47 Å². The SMILES string of the molecule is C=CC(=O)OCCOC(C)CC. The number of hydrogen-bond donors (Lipinski definition) is 0. The molecule has 0 amide bonds. The molecule has 3 nitrogen and oxygen atoms in total. The van der Waals surface area contributed by atoms with Gasteiger partial charge in [-0.3, -0.25) is 0 Å². The first-order chi connectivity index (χ1) is 5.70. The molecule has 0 bridgehead atoms. The highest BCUT2D eigenvalue weighted by Crippen LogP contribution is 1.94. The van der Waals surface area contributed by atoms with E-state index >= 15 is 0 Å². The largest absolute Gasteiger partial charge is 0.460 e. The van der Waals surface area contributed by atoms with E-state index in [0.29, 0.717) is 13.2 Å². The van der Waals surface area contributed by atoms with E-state index < -0.39 is 5.97 Å². The Kier molecular flexibility index (Phi) is 6.38. The Hall–Kier alpha value is -0.830.